The summed E-state index contributed by atoms with van der Waals surface area (Å²) in [7, 11) is 1.16. The number of rotatable bonds is 2. The van der Waals surface area contributed by atoms with Gasteiger partial charge in [0.25, 0.3) is 0 Å². The van der Waals surface area contributed by atoms with Crippen molar-refractivity contribution in [3.05, 3.63) is 23.8 Å². The molecule has 0 N–H and O–H groups in total. The molecule has 2 rings (SSSR count). The Morgan fingerprint density at radius 3 is 2.56 bits per heavy atom. The highest BCUT2D eigenvalue weighted by Gasteiger charge is 2.33. The number of hydrogen-bond acceptors (Lipinski definition) is 4. The van der Waals surface area contributed by atoms with Gasteiger partial charge in [0.15, 0.2) is 0 Å². The summed E-state index contributed by atoms with van der Waals surface area (Å²) in [6.07, 6.45) is 0. The first-order chi connectivity index (χ1) is 8.55. The van der Waals surface area contributed by atoms with Crippen LogP contribution in [0.25, 0.3) is 0 Å². The molecule has 0 unspecified atom stereocenters. The zero-order valence-electron chi connectivity index (χ0n) is 10.9. The van der Waals surface area contributed by atoms with Crippen LogP contribution in [0.4, 0.5) is 0 Å². The second kappa shape index (κ2) is 5.01. The smallest absolute Gasteiger partial charge is 0.493 e. The first-order valence-electron chi connectivity index (χ1n) is 5.87. The molecule has 0 amide bonds. The third-order valence-electron chi connectivity index (χ3n) is 2.87. The summed E-state index contributed by atoms with van der Waals surface area (Å²) in [5.74, 6) is 0.567. The predicted molar refractivity (Wildman–Crippen MR) is 68.8 cm³/mol. The molecule has 4 nitrogen and oxygen atoms in total. The molecule has 1 aromatic carbocycles. The summed E-state index contributed by atoms with van der Waals surface area (Å²) in [4.78, 5) is 0. The van der Waals surface area contributed by atoms with Gasteiger partial charge in [-0.3, -0.25) is 0 Å². The fourth-order valence-electron chi connectivity index (χ4n) is 1.84. The highest BCUT2D eigenvalue weighted by molar-refractivity contribution is 6.61. The zero-order valence-corrected chi connectivity index (χ0v) is 10.9. The number of nitriles is 1. The molecule has 1 saturated heterocycles. The lowest BCUT2D eigenvalue weighted by molar-refractivity contribution is 0.0343. The van der Waals surface area contributed by atoms with Gasteiger partial charge in [-0.05, 0) is 17.6 Å². The van der Waals surface area contributed by atoms with Crippen LogP contribution in [0.1, 0.15) is 19.4 Å². The average Bonchev–Trinajstić information content (AvgIpc) is 2.38. The summed E-state index contributed by atoms with van der Waals surface area (Å²) in [5.41, 5.74) is 1.39. The van der Waals surface area contributed by atoms with E-state index in [9.17, 15) is 0 Å². The predicted octanol–water partition coefficient (Wildman–Crippen LogP) is 1.34. The largest absolute Gasteiger partial charge is 0.495 e. The highest BCUT2D eigenvalue weighted by atomic mass is 16.6. The van der Waals surface area contributed by atoms with Crippen molar-refractivity contribution in [2.75, 3.05) is 20.3 Å². The molecule has 1 aliphatic heterocycles. The van der Waals surface area contributed by atoms with Crippen LogP contribution in [0, 0.1) is 16.7 Å². The molecule has 0 aliphatic carbocycles. The molecule has 5 heteroatoms. The first kappa shape index (κ1) is 12.9. The Labute approximate surface area is 108 Å². The Morgan fingerprint density at radius 1 is 1.33 bits per heavy atom. The first-order valence-corrected chi connectivity index (χ1v) is 5.87. The monoisotopic (exact) mass is 245 g/mol. The number of ether oxygens (including phenoxy) is 1. The Kier molecular flexibility index (Phi) is 3.60. The lowest BCUT2D eigenvalue weighted by Gasteiger charge is -2.33. The van der Waals surface area contributed by atoms with Crippen LogP contribution in [0.2, 0.25) is 0 Å². The zero-order chi connectivity index (χ0) is 13.2. The van der Waals surface area contributed by atoms with Gasteiger partial charge in [-0.2, -0.15) is 5.26 Å². The Morgan fingerprint density at radius 2 is 2.00 bits per heavy atom. The van der Waals surface area contributed by atoms with Crippen molar-refractivity contribution in [1.29, 1.82) is 5.26 Å². The van der Waals surface area contributed by atoms with E-state index >= 15 is 0 Å². The van der Waals surface area contributed by atoms with E-state index in [1.807, 2.05) is 6.07 Å². The Balaban J connectivity index is 2.18. The van der Waals surface area contributed by atoms with Crippen molar-refractivity contribution in [2.45, 2.75) is 13.8 Å². The van der Waals surface area contributed by atoms with Gasteiger partial charge in [-0.1, -0.05) is 19.9 Å². The second-order valence-corrected chi connectivity index (χ2v) is 5.19. The molecule has 0 spiro atoms. The minimum absolute atomic E-state index is 0.0427. The molecule has 0 saturated carbocycles. The number of hydrogen-bond donors (Lipinski definition) is 0. The molecule has 1 fully saturated rings. The maximum atomic E-state index is 9.04. The van der Waals surface area contributed by atoms with Gasteiger partial charge >= 0.3 is 7.12 Å². The molecule has 1 heterocycles. The van der Waals surface area contributed by atoms with E-state index in [0.717, 1.165) is 5.46 Å². The van der Waals surface area contributed by atoms with Crippen molar-refractivity contribution in [2.24, 2.45) is 5.41 Å². The van der Waals surface area contributed by atoms with Gasteiger partial charge in [0.2, 0.25) is 0 Å². The van der Waals surface area contributed by atoms with Crippen molar-refractivity contribution in [3.63, 3.8) is 0 Å². The van der Waals surface area contributed by atoms with Crippen molar-refractivity contribution >= 4 is 12.6 Å². The van der Waals surface area contributed by atoms with Gasteiger partial charge < -0.3 is 14.0 Å². The van der Waals surface area contributed by atoms with Crippen LogP contribution >= 0.6 is 0 Å². The summed E-state index contributed by atoms with van der Waals surface area (Å²) in [5, 5.41) is 9.04. The van der Waals surface area contributed by atoms with Gasteiger partial charge in [-0.15, -0.1) is 0 Å². The molecular weight excluding hydrogens is 229 g/mol. The van der Waals surface area contributed by atoms with E-state index in [1.54, 1.807) is 19.2 Å². The normalized spacial score (nSPS) is 18.2. The lowest BCUT2D eigenvalue weighted by Crippen LogP contribution is -2.47. The van der Waals surface area contributed by atoms with Gasteiger partial charge in [0.1, 0.15) is 11.8 Å². The molecule has 0 bridgehead atoms. The average molecular weight is 245 g/mol. The van der Waals surface area contributed by atoms with Gasteiger partial charge in [-0.25, -0.2) is 0 Å². The highest BCUT2D eigenvalue weighted by Crippen LogP contribution is 2.22. The second-order valence-electron chi connectivity index (χ2n) is 5.19. The van der Waals surface area contributed by atoms with E-state index < -0.39 is 7.12 Å². The van der Waals surface area contributed by atoms with Crippen LogP contribution in [-0.4, -0.2) is 27.4 Å². The lowest BCUT2D eigenvalue weighted by atomic mass is 9.75. The van der Waals surface area contributed by atoms with E-state index in [2.05, 4.69) is 19.9 Å². The van der Waals surface area contributed by atoms with Crippen LogP contribution in [0.15, 0.2) is 18.2 Å². The van der Waals surface area contributed by atoms with Gasteiger partial charge in [0.05, 0.1) is 12.7 Å². The minimum atomic E-state index is -0.393. The third-order valence-corrected chi connectivity index (χ3v) is 2.87. The molecule has 18 heavy (non-hydrogen) atoms. The van der Waals surface area contributed by atoms with Crippen molar-refractivity contribution in [3.8, 4) is 11.8 Å². The fraction of sp³-hybridized carbons (Fsp3) is 0.462. The maximum Gasteiger partial charge on any atom is 0.493 e. The summed E-state index contributed by atoms with van der Waals surface area (Å²) in [6, 6.07) is 7.49. The number of methoxy groups -OCH3 is 1. The minimum Gasteiger partial charge on any atom is -0.495 e. The van der Waals surface area contributed by atoms with Crippen molar-refractivity contribution in [1.82, 2.24) is 0 Å². The topological polar surface area (TPSA) is 51.5 Å². The van der Waals surface area contributed by atoms with E-state index in [4.69, 9.17) is 19.3 Å². The van der Waals surface area contributed by atoms with Crippen LogP contribution in [0.5, 0.6) is 5.75 Å². The number of nitrogens with zero attached hydrogens (tertiary/aromatic N) is 1. The Hall–Kier alpha value is -1.51. The molecule has 0 radical (unpaired) electrons. The molecule has 1 aromatic rings. The molecular formula is C13H16BNO3. The molecule has 0 aromatic heterocycles. The number of benzene rings is 1. The van der Waals surface area contributed by atoms with E-state index in [1.165, 1.54) is 0 Å². The van der Waals surface area contributed by atoms with Crippen LogP contribution in [-0.2, 0) is 9.31 Å². The SMILES string of the molecule is COc1ccc(B2OCC(C)(C)CO2)cc1C#N. The van der Waals surface area contributed by atoms with Crippen LogP contribution < -0.4 is 10.2 Å². The quantitative estimate of drug-likeness (QED) is 0.737. The van der Waals surface area contributed by atoms with E-state index in [0.29, 0.717) is 24.5 Å². The van der Waals surface area contributed by atoms with Crippen molar-refractivity contribution < 1.29 is 14.0 Å². The summed E-state index contributed by atoms with van der Waals surface area (Å²) < 4.78 is 16.5. The third kappa shape index (κ3) is 2.66. The molecule has 0 atom stereocenters. The van der Waals surface area contributed by atoms with E-state index in [-0.39, 0.29) is 5.41 Å². The molecule has 1 aliphatic rings. The Bertz CT molecular complexity index is 472. The standard InChI is InChI=1S/C13H16BNO3/c1-13(2)8-17-14(18-9-13)11-4-5-12(16-3)10(6-11)7-15/h4-6H,8-9H2,1-3H3. The van der Waals surface area contributed by atoms with Crippen LogP contribution in [0.3, 0.4) is 0 Å². The summed E-state index contributed by atoms with van der Waals surface area (Å²) >= 11 is 0. The maximum absolute atomic E-state index is 9.04. The van der Waals surface area contributed by atoms with Gasteiger partial charge in [0, 0.05) is 18.6 Å². The summed E-state index contributed by atoms with van der Waals surface area (Å²) in [6.45, 7) is 5.48. The fourth-order valence-corrected chi connectivity index (χ4v) is 1.84. The molecule has 94 valence electrons.